The molecule has 0 unspecified atom stereocenters. The Balaban J connectivity index is 2.37. The van der Waals surface area contributed by atoms with Crippen molar-refractivity contribution in [3.05, 3.63) is 54.1 Å². The van der Waals surface area contributed by atoms with Gasteiger partial charge in [-0.15, -0.1) is 0 Å². The lowest BCUT2D eigenvalue weighted by Crippen LogP contribution is -2.37. The van der Waals surface area contributed by atoms with E-state index in [1.54, 1.807) is 19.1 Å². The number of aromatic hydroxyl groups is 1. The molecule has 0 radical (unpaired) electrons. The molecule has 2 aromatic carbocycles. The van der Waals surface area contributed by atoms with Crippen molar-refractivity contribution in [1.82, 2.24) is 3.71 Å². The number of unbranched alkanes of at least 4 members (excludes halogenated alkanes) is 5. The van der Waals surface area contributed by atoms with E-state index in [1.807, 2.05) is 0 Å². The van der Waals surface area contributed by atoms with Crippen molar-refractivity contribution < 1.29 is 21.9 Å². The van der Waals surface area contributed by atoms with E-state index in [1.165, 1.54) is 30.3 Å². The normalized spacial score (nSPS) is 12.4. The van der Waals surface area contributed by atoms with Crippen LogP contribution >= 0.6 is 0 Å². The number of phenolic OH excluding ortho intramolecular Hbond substituents is 1. The van der Waals surface area contributed by atoms with E-state index in [9.17, 15) is 21.9 Å². The third kappa shape index (κ3) is 6.04. The van der Waals surface area contributed by atoms with Crippen LogP contribution in [0.4, 0.5) is 0 Å². The Labute approximate surface area is 174 Å². The zero-order valence-corrected chi connectivity index (χ0v) is 18.5. The van der Waals surface area contributed by atoms with E-state index in [-0.39, 0.29) is 22.1 Å². The van der Waals surface area contributed by atoms with Crippen LogP contribution in [0.15, 0.2) is 58.3 Å². The Kier molecular flexibility index (Phi) is 8.24. The number of rotatable bonds is 11. The summed E-state index contributed by atoms with van der Waals surface area (Å²) in [5, 5.41) is 9.68. The van der Waals surface area contributed by atoms with Crippen LogP contribution in [0.25, 0.3) is 0 Å². The number of aryl methyl sites for hydroxylation is 1. The Morgan fingerprint density at radius 3 is 1.93 bits per heavy atom. The summed E-state index contributed by atoms with van der Waals surface area (Å²) >= 11 is 0. The van der Waals surface area contributed by atoms with Crippen LogP contribution in [-0.2, 0) is 20.0 Å². The Morgan fingerprint density at radius 1 is 0.793 bits per heavy atom. The van der Waals surface area contributed by atoms with E-state index in [2.05, 4.69) is 6.92 Å². The van der Waals surface area contributed by atoms with E-state index in [0.717, 1.165) is 43.7 Å². The van der Waals surface area contributed by atoms with Crippen LogP contribution in [-0.4, -0.2) is 32.2 Å². The maximum absolute atomic E-state index is 13.2. The monoisotopic (exact) mass is 439 g/mol. The van der Waals surface area contributed by atoms with Gasteiger partial charge in [0.1, 0.15) is 5.75 Å². The number of hydrogen-bond donors (Lipinski definition) is 1. The van der Waals surface area contributed by atoms with Gasteiger partial charge in [0, 0.05) is 6.54 Å². The van der Waals surface area contributed by atoms with Gasteiger partial charge in [-0.1, -0.05) is 60.9 Å². The number of phenols is 1. The minimum Gasteiger partial charge on any atom is -0.508 e. The first-order valence-corrected chi connectivity index (χ1v) is 12.7. The van der Waals surface area contributed by atoms with Crippen molar-refractivity contribution in [2.45, 2.75) is 62.2 Å². The largest absolute Gasteiger partial charge is 0.508 e. The molecule has 29 heavy (non-hydrogen) atoms. The predicted molar refractivity (Wildman–Crippen MR) is 114 cm³/mol. The van der Waals surface area contributed by atoms with Crippen LogP contribution in [0.5, 0.6) is 5.75 Å². The highest BCUT2D eigenvalue weighted by molar-refractivity contribution is 8.04. The molecular formula is C21H29NO5S2. The van der Waals surface area contributed by atoms with Crippen LogP contribution in [0.2, 0.25) is 0 Å². The summed E-state index contributed by atoms with van der Waals surface area (Å²) in [6.07, 6.45) is 5.35. The van der Waals surface area contributed by atoms with Crippen molar-refractivity contribution >= 4 is 20.0 Å². The van der Waals surface area contributed by atoms with E-state index < -0.39 is 20.0 Å². The number of sulfonamides is 2. The highest BCUT2D eigenvalue weighted by Gasteiger charge is 2.36. The van der Waals surface area contributed by atoms with Crippen molar-refractivity contribution in [2.24, 2.45) is 0 Å². The van der Waals surface area contributed by atoms with Gasteiger partial charge in [-0.05, 0) is 49.2 Å². The second-order valence-corrected chi connectivity index (χ2v) is 11.0. The lowest BCUT2D eigenvalue weighted by Gasteiger charge is -2.22. The molecule has 160 valence electrons. The van der Waals surface area contributed by atoms with Crippen LogP contribution in [0.3, 0.4) is 0 Å². The zero-order chi connectivity index (χ0) is 21.5. The van der Waals surface area contributed by atoms with Gasteiger partial charge in [-0.25, -0.2) is 16.8 Å². The second-order valence-electron chi connectivity index (χ2n) is 7.09. The molecule has 0 saturated heterocycles. The molecule has 0 amide bonds. The number of nitrogens with zero attached hydrogens (tertiary/aromatic N) is 1. The summed E-state index contributed by atoms with van der Waals surface area (Å²) < 4.78 is 53.4. The lowest BCUT2D eigenvalue weighted by molar-refractivity contribution is 0.468. The fraction of sp³-hybridized carbons (Fsp3) is 0.429. The average molecular weight is 440 g/mol. The molecule has 0 spiro atoms. The second kappa shape index (κ2) is 10.2. The molecule has 0 aromatic heterocycles. The lowest BCUT2D eigenvalue weighted by atomic mass is 10.1. The first-order chi connectivity index (χ1) is 13.7. The molecule has 0 saturated carbocycles. The molecule has 0 aliphatic heterocycles. The van der Waals surface area contributed by atoms with E-state index in [4.69, 9.17) is 0 Å². The molecular weight excluding hydrogens is 410 g/mol. The van der Waals surface area contributed by atoms with Crippen LogP contribution in [0, 0.1) is 6.92 Å². The number of benzene rings is 2. The van der Waals surface area contributed by atoms with Crippen LogP contribution < -0.4 is 0 Å². The van der Waals surface area contributed by atoms with Gasteiger partial charge in [0.15, 0.2) is 0 Å². The Morgan fingerprint density at radius 2 is 1.34 bits per heavy atom. The van der Waals surface area contributed by atoms with Gasteiger partial charge >= 0.3 is 0 Å². The Hall–Kier alpha value is -1.90. The van der Waals surface area contributed by atoms with Gasteiger partial charge in [-0.2, -0.15) is 0 Å². The summed E-state index contributed by atoms with van der Waals surface area (Å²) in [6.45, 7) is 3.72. The van der Waals surface area contributed by atoms with Gasteiger partial charge in [0.2, 0.25) is 0 Å². The molecule has 0 atom stereocenters. The summed E-state index contributed by atoms with van der Waals surface area (Å²) in [5.74, 6) is -0.237. The third-order valence-electron chi connectivity index (χ3n) is 4.63. The first-order valence-electron chi connectivity index (χ1n) is 9.83. The predicted octanol–water partition coefficient (Wildman–Crippen LogP) is 4.44. The molecule has 0 bridgehead atoms. The van der Waals surface area contributed by atoms with Gasteiger partial charge in [0.05, 0.1) is 9.79 Å². The molecule has 1 N–H and O–H groups in total. The maximum atomic E-state index is 13.2. The van der Waals surface area contributed by atoms with E-state index >= 15 is 0 Å². The molecule has 0 aliphatic rings. The number of hydrogen-bond acceptors (Lipinski definition) is 5. The van der Waals surface area contributed by atoms with Crippen molar-refractivity contribution in [2.75, 3.05) is 6.54 Å². The van der Waals surface area contributed by atoms with Crippen molar-refractivity contribution in [3.8, 4) is 5.75 Å². The SMILES string of the molecule is CCCCCCCCN(S(=O)(=O)c1cccc(C)c1)S(=O)(=O)c1cccc(O)c1. The zero-order valence-electron chi connectivity index (χ0n) is 16.9. The topological polar surface area (TPSA) is 91.8 Å². The molecule has 0 aliphatic carbocycles. The maximum Gasteiger partial charge on any atom is 0.256 e. The highest BCUT2D eigenvalue weighted by atomic mass is 32.3. The van der Waals surface area contributed by atoms with Crippen molar-refractivity contribution in [1.29, 1.82) is 0 Å². The summed E-state index contributed by atoms with van der Waals surface area (Å²) in [7, 11) is -8.63. The minimum absolute atomic E-state index is 0.0628. The van der Waals surface area contributed by atoms with Crippen molar-refractivity contribution in [3.63, 3.8) is 0 Å². The van der Waals surface area contributed by atoms with Crippen LogP contribution in [0.1, 0.15) is 51.0 Å². The summed E-state index contributed by atoms with van der Waals surface area (Å²) in [5.41, 5.74) is 0.723. The molecule has 2 aromatic rings. The molecule has 2 rings (SSSR count). The first kappa shape index (κ1) is 23.4. The minimum atomic E-state index is -4.35. The molecule has 6 nitrogen and oxygen atoms in total. The molecule has 8 heteroatoms. The molecule has 0 heterocycles. The Bertz CT molecular complexity index is 941. The average Bonchev–Trinajstić information content (AvgIpc) is 2.67. The standard InChI is InChI=1S/C21H29NO5S2/c1-3-4-5-6-7-8-15-22(28(24,25)20-13-9-11-18(2)16-20)29(26,27)21-14-10-12-19(23)17-21/h9-14,16-17,23H,3-8,15H2,1-2H3. The fourth-order valence-electron chi connectivity index (χ4n) is 3.05. The van der Waals surface area contributed by atoms with Gasteiger partial charge in [0.25, 0.3) is 20.0 Å². The van der Waals surface area contributed by atoms with Gasteiger partial charge < -0.3 is 5.11 Å². The third-order valence-corrected chi connectivity index (χ3v) is 8.95. The summed E-state index contributed by atoms with van der Waals surface area (Å²) in [4.78, 5) is -0.313. The smallest absolute Gasteiger partial charge is 0.256 e. The van der Waals surface area contributed by atoms with E-state index in [0.29, 0.717) is 10.1 Å². The fourth-order valence-corrected chi connectivity index (χ4v) is 6.91. The summed E-state index contributed by atoms with van der Waals surface area (Å²) in [6, 6.07) is 11.3. The molecule has 0 fully saturated rings. The van der Waals surface area contributed by atoms with Gasteiger partial charge in [-0.3, -0.25) is 0 Å². The highest BCUT2D eigenvalue weighted by Crippen LogP contribution is 2.27. The quantitative estimate of drug-likeness (QED) is 0.523.